The third-order valence-corrected chi connectivity index (χ3v) is 5.84. The lowest BCUT2D eigenvalue weighted by Crippen LogP contribution is -2.40. The molecule has 1 fully saturated rings. The summed E-state index contributed by atoms with van der Waals surface area (Å²) < 4.78 is 1.58. The molecule has 0 radical (unpaired) electrons. The average molecular weight is 426 g/mol. The first-order chi connectivity index (χ1) is 15.7. The average Bonchev–Trinajstić information content (AvgIpc) is 2.85. The molecule has 3 aromatic heterocycles. The van der Waals surface area contributed by atoms with E-state index < -0.39 is 0 Å². The van der Waals surface area contributed by atoms with Crippen molar-refractivity contribution in [2.45, 2.75) is 37.8 Å². The fourth-order valence-electron chi connectivity index (χ4n) is 4.15. The van der Waals surface area contributed by atoms with Gasteiger partial charge in [-0.15, -0.1) is 0 Å². The van der Waals surface area contributed by atoms with Crippen LogP contribution < -0.4 is 10.9 Å². The van der Waals surface area contributed by atoms with Gasteiger partial charge in [0, 0.05) is 30.1 Å². The van der Waals surface area contributed by atoms with E-state index in [1.165, 1.54) is 6.20 Å². The molecule has 4 aromatic rings. The third-order valence-electron chi connectivity index (χ3n) is 5.84. The molecular formula is C24H22N6O2. The number of hydrogen-bond donors (Lipinski definition) is 1. The molecule has 0 bridgehead atoms. The molecule has 8 nitrogen and oxygen atoms in total. The molecule has 160 valence electrons. The summed E-state index contributed by atoms with van der Waals surface area (Å²) in [6.45, 7) is 0. The number of benzene rings is 1. The van der Waals surface area contributed by atoms with E-state index in [2.05, 4.69) is 25.4 Å². The van der Waals surface area contributed by atoms with Gasteiger partial charge in [-0.2, -0.15) is 5.10 Å². The van der Waals surface area contributed by atoms with Crippen molar-refractivity contribution in [3.63, 3.8) is 0 Å². The Morgan fingerprint density at radius 3 is 2.53 bits per heavy atom. The fraction of sp³-hybridized carbons (Fsp3) is 0.250. The predicted octanol–water partition coefficient (Wildman–Crippen LogP) is 3.16. The van der Waals surface area contributed by atoms with Crippen LogP contribution in [0.2, 0.25) is 0 Å². The first-order valence-corrected chi connectivity index (χ1v) is 10.7. The summed E-state index contributed by atoms with van der Waals surface area (Å²) in [6.07, 6.45) is 8.01. The Bertz CT molecular complexity index is 1310. The second-order valence-electron chi connectivity index (χ2n) is 7.97. The molecule has 0 aliphatic heterocycles. The van der Waals surface area contributed by atoms with E-state index in [4.69, 9.17) is 0 Å². The zero-order valence-electron chi connectivity index (χ0n) is 17.4. The SMILES string of the molecule is O=C(NC1CCC(n2nc(-c3cccnc3)ccc2=O)CC1)c1cnc2ccccc2n1. The van der Waals surface area contributed by atoms with Crippen LogP contribution in [0.4, 0.5) is 0 Å². The smallest absolute Gasteiger partial charge is 0.271 e. The molecule has 5 rings (SSSR count). The second kappa shape index (κ2) is 8.66. The van der Waals surface area contributed by atoms with Crippen molar-refractivity contribution >= 4 is 16.9 Å². The lowest BCUT2D eigenvalue weighted by atomic mass is 9.91. The number of amides is 1. The Morgan fingerprint density at radius 1 is 0.938 bits per heavy atom. The van der Waals surface area contributed by atoms with Crippen molar-refractivity contribution < 1.29 is 4.79 Å². The fourth-order valence-corrected chi connectivity index (χ4v) is 4.15. The number of hydrogen-bond acceptors (Lipinski definition) is 6. The molecule has 1 N–H and O–H groups in total. The van der Waals surface area contributed by atoms with E-state index in [0.29, 0.717) is 11.2 Å². The molecule has 0 saturated heterocycles. The van der Waals surface area contributed by atoms with Gasteiger partial charge in [0.15, 0.2) is 0 Å². The number of nitrogens with one attached hydrogen (secondary N) is 1. The monoisotopic (exact) mass is 426 g/mol. The minimum absolute atomic E-state index is 0.00716. The Kier molecular flexibility index (Phi) is 5.41. The number of nitrogens with zero attached hydrogens (tertiary/aromatic N) is 5. The minimum atomic E-state index is -0.222. The van der Waals surface area contributed by atoms with Gasteiger partial charge in [-0.1, -0.05) is 12.1 Å². The van der Waals surface area contributed by atoms with Crippen LogP contribution in [0.5, 0.6) is 0 Å². The zero-order valence-corrected chi connectivity index (χ0v) is 17.4. The molecule has 1 amide bonds. The first kappa shape index (κ1) is 20.0. The molecule has 1 aliphatic carbocycles. The molecule has 1 aliphatic rings. The molecule has 0 spiro atoms. The van der Waals surface area contributed by atoms with E-state index in [0.717, 1.165) is 42.5 Å². The normalized spacial score (nSPS) is 18.4. The molecule has 0 unspecified atom stereocenters. The van der Waals surface area contributed by atoms with Crippen LogP contribution in [-0.2, 0) is 0 Å². The molecular weight excluding hydrogens is 404 g/mol. The van der Waals surface area contributed by atoms with Gasteiger partial charge in [0.05, 0.1) is 29.0 Å². The molecule has 1 aromatic carbocycles. The maximum absolute atomic E-state index is 12.7. The van der Waals surface area contributed by atoms with Crippen molar-refractivity contribution in [3.8, 4) is 11.3 Å². The summed E-state index contributed by atoms with van der Waals surface area (Å²) in [6, 6.07) is 14.6. The minimum Gasteiger partial charge on any atom is -0.348 e. The predicted molar refractivity (Wildman–Crippen MR) is 120 cm³/mol. The highest BCUT2D eigenvalue weighted by Gasteiger charge is 2.25. The van der Waals surface area contributed by atoms with E-state index in [1.807, 2.05) is 36.4 Å². The molecule has 1 saturated carbocycles. The van der Waals surface area contributed by atoms with Crippen LogP contribution in [0.25, 0.3) is 22.3 Å². The highest BCUT2D eigenvalue weighted by Crippen LogP contribution is 2.28. The molecule has 0 atom stereocenters. The number of carbonyl (C=O) groups is 1. The number of para-hydroxylation sites is 2. The van der Waals surface area contributed by atoms with Crippen molar-refractivity contribution in [2.75, 3.05) is 0 Å². The van der Waals surface area contributed by atoms with Crippen LogP contribution in [0.15, 0.2) is 71.9 Å². The van der Waals surface area contributed by atoms with Gasteiger partial charge in [-0.05, 0) is 56.0 Å². The second-order valence-corrected chi connectivity index (χ2v) is 7.97. The Hall–Kier alpha value is -3.94. The van der Waals surface area contributed by atoms with E-state index >= 15 is 0 Å². The van der Waals surface area contributed by atoms with Crippen LogP contribution in [-0.4, -0.2) is 36.7 Å². The van der Waals surface area contributed by atoms with Crippen molar-refractivity contribution in [3.05, 3.63) is 83.2 Å². The molecule has 3 heterocycles. The van der Waals surface area contributed by atoms with Crippen LogP contribution in [0.3, 0.4) is 0 Å². The third kappa shape index (κ3) is 4.12. The van der Waals surface area contributed by atoms with Crippen LogP contribution >= 0.6 is 0 Å². The van der Waals surface area contributed by atoms with Crippen LogP contribution in [0.1, 0.15) is 42.2 Å². The van der Waals surface area contributed by atoms with Gasteiger partial charge in [0.2, 0.25) is 0 Å². The number of rotatable bonds is 4. The summed E-state index contributed by atoms with van der Waals surface area (Å²) >= 11 is 0. The maximum atomic E-state index is 12.7. The first-order valence-electron chi connectivity index (χ1n) is 10.7. The van der Waals surface area contributed by atoms with Gasteiger partial charge in [-0.3, -0.25) is 19.6 Å². The number of carbonyl (C=O) groups excluding carboxylic acids is 1. The Labute approximate surface area is 184 Å². The van der Waals surface area contributed by atoms with E-state index in [-0.39, 0.29) is 23.6 Å². The number of aromatic nitrogens is 5. The maximum Gasteiger partial charge on any atom is 0.271 e. The number of fused-ring (bicyclic) bond motifs is 1. The number of pyridine rings is 1. The van der Waals surface area contributed by atoms with Crippen molar-refractivity contribution in [2.24, 2.45) is 0 Å². The summed E-state index contributed by atoms with van der Waals surface area (Å²) in [5, 5.41) is 7.65. The van der Waals surface area contributed by atoms with Gasteiger partial charge < -0.3 is 5.32 Å². The Balaban J connectivity index is 1.25. The lowest BCUT2D eigenvalue weighted by Gasteiger charge is -2.29. The summed E-state index contributed by atoms with van der Waals surface area (Å²) in [7, 11) is 0. The highest BCUT2D eigenvalue weighted by molar-refractivity contribution is 5.93. The van der Waals surface area contributed by atoms with Crippen LogP contribution in [0, 0.1) is 0 Å². The van der Waals surface area contributed by atoms with Crippen molar-refractivity contribution in [1.29, 1.82) is 0 Å². The van der Waals surface area contributed by atoms with Gasteiger partial charge in [0.25, 0.3) is 11.5 Å². The summed E-state index contributed by atoms with van der Waals surface area (Å²) in [5.74, 6) is -0.222. The van der Waals surface area contributed by atoms with Gasteiger partial charge in [0.1, 0.15) is 5.69 Å². The Morgan fingerprint density at radius 2 is 1.75 bits per heavy atom. The standard InChI is InChI=1S/C24H22N6O2/c31-23-12-11-19(16-4-3-13-25-14-16)29-30(23)18-9-7-17(8-10-18)27-24(32)22-15-26-20-5-1-2-6-21(20)28-22/h1-6,11-15,17-18H,7-10H2,(H,27,32). The topological polar surface area (TPSA) is 103 Å². The molecule has 8 heteroatoms. The largest absolute Gasteiger partial charge is 0.348 e. The molecule has 32 heavy (non-hydrogen) atoms. The summed E-state index contributed by atoms with van der Waals surface area (Å²) in [4.78, 5) is 38.0. The van der Waals surface area contributed by atoms with E-state index in [1.54, 1.807) is 29.2 Å². The summed E-state index contributed by atoms with van der Waals surface area (Å²) in [5.41, 5.74) is 3.25. The van der Waals surface area contributed by atoms with Gasteiger partial charge >= 0.3 is 0 Å². The van der Waals surface area contributed by atoms with E-state index in [9.17, 15) is 9.59 Å². The van der Waals surface area contributed by atoms with Crippen molar-refractivity contribution in [1.82, 2.24) is 30.0 Å². The van der Waals surface area contributed by atoms with Gasteiger partial charge in [-0.25, -0.2) is 9.67 Å². The highest BCUT2D eigenvalue weighted by atomic mass is 16.2. The zero-order chi connectivity index (χ0) is 21.9. The quantitative estimate of drug-likeness (QED) is 0.538. The lowest BCUT2D eigenvalue weighted by molar-refractivity contribution is 0.0916.